The number of hydrogen-bond donors (Lipinski definition) is 1. The number of carbonyl (C=O) groups is 1. The second kappa shape index (κ2) is 5.92. The molecule has 2 aliphatic rings. The number of nitrogens with one attached hydrogen (secondary N) is 1. The van der Waals surface area contributed by atoms with Crippen molar-refractivity contribution in [1.29, 1.82) is 0 Å². The molecular weight excluding hydrogens is 250 g/mol. The summed E-state index contributed by atoms with van der Waals surface area (Å²) < 4.78 is 0. The highest BCUT2D eigenvalue weighted by Crippen LogP contribution is 2.20. The molecule has 1 aromatic rings. The lowest BCUT2D eigenvalue weighted by molar-refractivity contribution is -0.135. The summed E-state index contributed by atoms with van der Waals surface area (Å²) in [5.41, 5.74) is 3.56. The van der Waals surface area contributed by atoms with Gasteiger partial charge in [0.15, 0.2) is 0 Å². The molecular formula is C16H23N3O. The molecule has 4 heteroatoms. The molecule has 3 rings (SSSR count). The van der Waals surface area contributed by atoms with E-state index in [1.165, 1.54) is 17.7 Å². The van der Waals surface area contributed by atoms with Crippen molar-refractivity contribution in [2.24, 2.45) is 0 Å². The molecule has 108 valence electrons. The third-order valence-electron chi connectivity index (χ3n) is 4.39. The highest BCUT2D eigenvalue weighted by molar-refractivity contribution is 5.82. The van der Waals surface area contributed by atoms with Crippen molar-refractivity contribution in [3.63, 3.8) is 0 Å². The van der Waals surface area contributed by atoms with E-state index in [1.54, 1.807) is 0 Å². The van der Waals surface area contributed by atoms with Gasteiger partial charge in [-0.3, -0.25) is 9.78 Å². The van der Waals surface area contributed by atoms with Gasteiger partial charge in [0.1, 0.15) is 0 Å². The van der Waals surface area contributed by atoms with Gasteiger partial charge >= 0.3 is 0 Å². The maximum Gasteiger partial charge on any atom is 0.240 e. The van der Waals surface area contributed by atoms with Crippen LogP contribution in [-0.2, 0) is 24.2 Å². The topological polar surface area (TPSA) is 45.2 Å². The molecule has 4 nitrogen and oxygen atoms in total. The molecule has 1 aromatic heterocycles. The fourth-order valence-corrected chi connectivity index (χ4v) is 3.13. The Morgan fingerprint density at radius 3 is 3.10 bits per heavy atom. The van der Waals surface area contributed by atoms with Crippen molar-refractivity contribution >= 4 is 5.91 Å². The van der Waals surface area contributed by atoms with Crippen LogP contribution in [0.4, 0.5) is 0 Å². The minimum absolute atomic E-state index is 0.0353. The van der Waals surface area contributed by atoms with Gasteiger partial charge in [0.2, 0.25) is 5.91 Å². The minimum Gasteiger partial charge on any atom is -0.337 e. The first-order valence-electron chi connectivity index (χ1n) is 7.78. The number of carbonyl (C=O) groups excluding carboxylic acids is 1. The first kappa shape index (κ1) is 13.6. The molecule has 1 fully saturated rings. The van der Waals surface area contributed by atoms with Crippen molar-refractivity contribution in [2.45, 2.75) is 51.6 Å². The SMILES string of the molecule is CCc1ccc2c(n1)CCN(C(=O)[C@H]1CCCCN1)C2. The summed E-state index contributed by atoms with van der Waals surface area (Å²) in [5, 5.41) is 3.35. The maximum absolute atomic E-state index is 12.5. The fourth-order valence-electron chi connectivity index (χ4n) is 3.13. The first-order chi connectivity index (χ1) is 9.78. The molecule has 20 heavy (non-hydrogen) atoms. The van der Waals surface area contributed by atoms with Gasteiger partial charge < -0.3 is 10.2 Å². The van der Waals surface area contributed by atoms with E-state index in [9.17, 15) is 4.79 Å². The van der Waals surface area contributed by atoms with E-state index in [-0.39, 0.29) is 11.9 Å². The summed E-state index contributed by atoms with van der Waals surface area (Å²) in [5.74, 6) is 0.273. The molecule has 1 atom stereocenters. The van der Waals surface area contributed by atoms with Gasteiger partial charge in [-0.15, -0.1) is 0 Å². The van der Waals surface area contributed by atoms with Crippen LogP contribution in [0.3, 0.4) is 0 Å². The van der Waals surface area contributed by atoms with Crippen molar-refractivity contribution in [2.75, 3.05) is 13.1 Å². The summed E-state index contributed by atoms with van der Waals surface area (Å²) in [4.78, 5) is 19.2. The molecule has 0 bridgehead atoms. The van der Waals surface area contributed by atoms with Gasteiger partial charge in [0.25, 0.3) is 0 Å². The number of nitrogens with zero attached hydrogens (tertiary/aromatic N) is 2. The van der Waals surface area contributed by atoms with Crippen LogP contribution >= 0.6 is 0 Å². The highest BCUT2D eigenvalue weighted by Gasteiger charge is 2.28. The van der Waals surface area contributed by atoms with Crippen molar-refractivity contribution in [1.82, 2.24) is 15.2 Å². The van der Waals surface area contributed by atoms with Gasteiger partial charge in [0, 0.05) is 30.9 Å². The van der Waals surface area contributed by atoms with E-state index in [2.05, 4.69) is 29.4 Å². The zero-order valence-corrected chi connectivity index (χ0v) is 12.2. The molecule has 2 aliphatic heterocycles. The third kappa shape index (κ3) is 2.70. The third-order valence-corrected chi connectivity index (χ3v) is 4.39. The van der Waals surface area contributed by atoms with Crippen LogP contribution in [0.5, 0.6) is 0 Å². The number of aryl methyl sites for hydroxylation is 1. The molecule has 0 saturated carbocycles. The van der Waals surface area contributed by atoms with E-state index < -0.39 is 0 Å². The van der Waals surface area contributed by atoms with Crippen molar-refractivity contribution in [3.8, 4) is 0 Å². The smallest absolute Gasteiger partial charge is 0.240 e. The molecule has 0 aliphatic carbocycles. The summed E-state index contributed by atoms with van der Waals surface area (Å²) in [6.45, 7) is 4.64. The quantitative estimate of drug-likeness (QED) is 0.891. The molecule has 1 saturated heterocycles. The monoisotopic (exact) mass is 273 g/mol. The summed E-state index contributed by atoms with van der Waals surface area (Å²) in [6, 6.07) is 4.27. The van der Waals surface area contributed by atoms with Gasteiger partial charge in [-0.05, 0) is 37.4 Å². The van der Waals surface area contributed by atoms with Gasteiger partial charge in [0.05, 0.1) is 6.04 Å². The van der Waals surface area contributed by atoms with Crippen LogP contribution in [0.1, 0.15) is 43.1 Å². The first-order valence-corrected chi connectivity index (χ1v) is 7.78. The number of fused-ring (bicyclic) bond motifs is 1. The predicted octanol–water partition coefficient (Wildman–Crippen LogP) is 1.67. The lowest BCUT2D eigenvalue weighted by Crippen LogP contribution is -2.49. The molecule has 0 aromatic carbocycles. The normalized spacial score (nSPS) is 22.4. The van der Waals surface area contributed by atoms with Gasteiger partial charge in [-0.25, -0.2) is 0 Å². The van der Waals surface area contributed by atoms with E-state index in [4.69, 9.17) is 0 Å². The summed E-state index contributed by atoms with van der Waals surface area (Å²) >= 11 is 0. The standard InChI is InChI=1S/C16H23N3O/c1-2-13-7-6-12-11-19(10-8-14(12)18-13)16(20)15-5-3-4-9-17-15/h6-7,15,17H,2-5,8-11H2,1H3/t15-/m1/s1. The van der Waals surface area contributed by atoms with Crippen molar-refractivity contribution < 1.29 is 4.79 Å². The van der Waals surface area contributed by atoms with Gasteiger partial charge in [-0.2, -0.15) is 0 Å². The average Bonchev–Trinajstić information content (AvgIpc) is 2.54. The molecule has 1 amide bonds. The average molecular weight is 273 g/mol. The van der Waals surface area contributed by atoms with Crippen LogP contribution in [0.2, 0.25) is 0 Å². The van der Waals surface area contributed by atoms with Crippen LogP contribution in [0.25, 0.3) is 0 Å². The zero-order valence-electron chi connectivity index (χ0n) is 12.2. The molecule has 3 heterocycles. The number of pyridine rings is 1. The number of aromatic nitrogens is 1. The Balaban J connectivity index is 1.70. The summed E-state index contributed by atoms with van der Waals surface area (Å²) in [6.07, 6.45) is 5.20. The molecule has 0 unspecified atom stereocenters. The largest absolute Gasteiger partial charge is 0.337 e. The van der Waals surface area contributed by atoms with E-state index in [0.29, 0.717) is 0 Å². The lowest BCUT2D eigenvalue weighted by atomic mass is 10.0. The molecule has 0 spiro atoms. The maximum atomic E-state index is 12.5. The Bertz CT molecular complexity index is 494. The zero-order chi connectivity index (χ0) is 13.9. The Hall–Kier alpha value is -1.42. The van der Waals surface area contributed by atoms with Crippen LogP contribution < -0.4 is 5.32 Å². The number of rotatable bonds is 2. The Morgan fingerprint density at radius 2 is 2.35 bits per heavy atom. The van der Waals surface area contributed by atoms with Crippen LogP contribution in [-0.4, -0.2) is 34.9 Å². The Morgan fingerprint density at radius 1 is 1.45 bits per heavy atom. The van der Waals surface area contributed by atoms with E-state index >= 15 is 0 Å². The highest BCUT2D eigenvalue weighted by atomic mass is 16.2. The lowest BCUT2D eigenvalue weighted by Gasteiger charge is -2.33. The Labute approximate surface area is 120 Å². The van der Waals surface area contributed by atoms with Crippen LogP contribution in [0.15, 0.2) is 12.1 Å². The number of piperidine rings is 1. The van der Waals surface area contributed by atoms with Crippen LogP contribution in [0, 0.1) is 0 Å². The number of amides is 1. The predicted molar refractivity (Wildman–Crippen MR) is 78.4 cm³/mol. The van der Waals surface area contributed by atoms with Crippen molar-refractivity contribution in [3.05, 3.63) is 29.1 Å². The van der Waals surface area contributed by atoms with E-state index in [1.807, 2.05) is 4.90 Å². The second-order valence-corrected chi connectivity index (χ2v) is 5.77. The Kier molecular flexibility index (Phi) is 4.01. The fraction of sp³-hybridized carbons (Fsp3) is 0.625. The van der Waals surface area contributed by atoms with E-state index in [0.717, 1.165) is 51.0 Å². The van der Waals surface area contributed by atoms with Gasteiger partial charge in [-0.1, -0.05) is 19.4 Å². The second-order valence-electron chi connectivity index (χ2n) is 5.77. The molecule has 0 radical (unpaired) electrons. The number of hydrogen-bond acceptors (Lipinski definition) is 3. The summed E-state index contributed by atoms with van der Waals surface area (Å²) in [7, 11) is 0. The molecule has 1 N–H and O–H groups in total. The minimum atomic E-state index is 0.0353.